The molecular formula is C61H68N6O8. The van der Waals surface area contributed by atoms with Crippen molar-refractivity contribution in [2.45, 2.75) is 82.3 Å². The van der Waals surface area contributed by atoms with Gasteiger partial charge in [0.2, 0.25) is 5.75 Å². The number of aromatic nitrogens is 1. The maximum absolute atomic E-state index is 14.7. The molecule has 5 aromatic carbocycles. The molecule has 0 amide bonds. The van der Waals surface area contributed by atoms with Gasteiger partial charge in [0.15, 0.2) is 22.9 Å². The molecule has 2 aromatic heterocycles. The minimum absolute atomic E-state index is 0.0101. The minimum Gasteiger partial charge on any atom is -0.508 e. The summed E-state index contributed by atoms with van der Waals surface area (Å²) in [7, 11) is 1.51. The van der Waals surface area contributed by atoms with Crippen molar-refractivity contribution < 1.29 is 33.9 Å². The normalized spacial score (nSPS) is 18.0. The fourth-order valence-corrected chi connectivity index (χ4v) is 11.6. The first kappa shape index (κ1) is 51.0. The zero-order chi connectivity index (χ0) is 52.1. The van der Waals surface area contributed by atoms with E-state index in [9.17, 15) is 20.1 Å². The highest BCUT2D eigenvalue weighted by Crippen LogP contribution is 2.50. The molecule has 1 saturated heterocycles. The molecule has 1 saturated carbocycles. The van der Waals surface area contributed by atoms with Crippen molar-refractivity contribution in [1.82, 2.24) is 10.3 Å². The lowest BCUT2D eigenvalue weighted by atomic mass is 9.71. The van der Waals surface area contributed by atoms with E-state index in [1.54, 1.807) is 30.3 Å². The number of hydrogen-bond acceptors (Lipinski definition) is 11. The maximum atomic E-state index is 14.7. The second kappa shape index (κ2) is 22.5. The van der Waals surface area contributed by atoms with Crippen LogP contribution in [0.15, 0.2) is 129 Å². The molecule has 2 fully saturated rings. The Bertz CT molecular complexity index is 3250. The summed E-state index contributed by atoms with van der Waals surface area (Å²) in [4.78, 5) is 26.0. The molecule has 5 heterocycles. The number of rotatable bonds is 11. The molecule has 390 valence electrons. The summed E-state index contributed by atoms with van der Waals surface area (Å²) in [5, 5.41) is 36.4. The number of aliphatic hydroxyl groups is 2. The number of aliphatic hydroxyl groups excluding tert-OH is 2. The van der Waals surface area contributed by atoms with Gasteiger partial charge in [-0.05, 0) is 103 Å². The van der Waals surface area contributed by atoms with Crippen molar-refractivity contribution in [2.24, 2.45) is 22.4 Å². The molecule has 1 spiro atoms. The molecule has 0 unspecified atom stereocenters. The number of aliphatic imine (C=N–C) groups is 1. The summed E-state index contributed by atoms with van der Waals surface area (Å²) in [5.41, 5.74) is 21.3. The Morgan fingerprint density at radius 3 is 2.53 bits per heavy atom. The Balaban J connectivity index is 1.14. The van der Waals surface area contributed by atoms with Crippen LogP contribution in [0.3, 0.4) is 0 Å². The zero-order valence-electron chi connectivity index (χ0n) is 42.8. The Labute approximate surface area is 437 Å². The number of hydrogen-bond donors (Lipinski definition) is 7. The fourth-order valence-electron chi connectivity index (χ4n) is 11.6. The van der Waals surface area contributed by atoms with Gasteiger partial charge in [-0.2, -0.15) is 0 Å². The maximum Gasteiger partial charge on any atom is 0.204 e. The fraction of sp³-hybridized carbons (Fsp3) is 0.344. The molecule has 14 heteroatoms. The molecule has 14 nitrogen and oxygen atoms in total. The zero-order valence-corrected chi connectivity index (χ0v) is 42.8. The van der Waals surface area contributed by atoms with Crippen molar-refractivity contribution in [1.29, 1.82) is 0 Å². The van der Waals surface area contributed by atoms with Crippen LogP contribution < -0.4 is 41.3 Å². The number of phenolic OH excluding ortho intramolecular Hbond substituents is 1. The first-order valence-electron chi connectivity index (χ1n) is 26.3. The predicted octanol–water partition coefficient (Wildman–Crippen LogP) is 9.10. The standard InChI is InChI=1S/C61H68N6O8/c1-3-45-33-49-42-13-9-12-39(30-42)15-23-48-55-54(51(71)34-52(75-55)41-17-21-46(69)22-18-41)57(73-29-24-47(70)20-14-38-10-5-4-6-11-38)58(72-2)56(48)74-37-40(36-68)31-43-16-19-44(32-50(43)66-60(62)63)61(25-7-8-26-61)53-35-64-27-28-67(53)59(49)65-45/h4-6,9-14,16-22,30,32-34,40,47,53,64-65,68-70H,3,7-8,15,23-29,31,35-37H2,1-2H3,(H4,62,63,66)/b20-14+/t40-,47+,53-/m1/s1. The van der Waals surface area contributed by atoms with Gasteiger partial charge in [0, 0.05) is 72.4 Å². The summed E-state index contributed by atoms with van der Waals surface area (Å²) in [6.07, 6.45) is 9.22. The number of methoxy groups -OCH3 is 1. The van der Waals surface area contributed by atoms with E-state index in [1.165, 1.54) is 18.7 Å². The van der Waals surface area contributed by atoms with Crippen LogP contribution in [-0.2, 0) is 31.1 Å². The average molecular weight is 1010 g/mol. The second-order valence-electron chi connectivity index (χ2n) is 20.2. The van der Waals surface area contributed by atoms with E-state index in [2.05, 4.69) is 70.7 Å². The smallest absolute Gasteiger partial charge is 0.204 e. The number of benzene rings is 5. The van der Waals surface area contributed by atoms with Gasteiger partial charge in [-0.1, -0.05) is 98.6 Å². The van der Waals surface area contributed by atoms with Crippen LogP contribution >= 0.6 is 0 Å². The van der Waals surface area contributed by atoms with Gasteiger partial charge in [-0.25, -0.2) is 4.99 Å². The third-order valence-electron chi connectivity index (χ3n) is 15.4. The monoisotopic (exact) mass is 1010 g/mol. The molecule has 0 radical (unpaired) electrons. The van der Waals surface area contributed by atoms with Crippen molar-refractivity contribution in [3.05, 3.63) is 159 Å². The minimum atomic E-state index is -0.860. The number of aryl methyl sites for hydroxylation is 3. The Hall–Kier alpha value is -7.52. The Kier molecular flexibility index (Phi) is 15.3. The number of nitrogens with one attached hydrogen (secondary N) is 2. The van der Waals surface area contributed by atoms with Crippen LogP contribution in [0.1, 0.15) is 72.5 Å². The van der Waals surface area contributed by atoms with Gasteiger partial charge in [-0.15, -0.1) is 0 Å². The number of anilines is 1. The molecule has 4 bridgehead atoms. The summed E-state index contributed by atoms with van der Waals surface area (Å²) >= 11 is 0. The third kappa shape index (κ3) is 10.7. The van der Waals surface area contributed by atoms with E-state index in [1.807, 2.05) is 36.4 Å². The lowest BCUT2D eigenvalue weighted by Gasteiger charge is -2.48. The van der Waals surface area contributed by atoms with Crippen molar-refractivity contribution in [3.63, 3.8) is 0 Å². The van der Waals surface area contributed by atoms with Crippen molar-refractivity contribution in [3.8, 4) is 45.4 Å². The lowest BCUT2D eigenvalue weighted by Crippen LogP contribution is -2.60. The summed E-state index contributed by atoms with van der Waals surface area (Å²) in [6.45, 7) is 4.46. The van der Waals surface area contributed by atoms with Gasteiger partial charge in [0.25, 0.3) is 0 Å². The molecular weight excluding hydrogens is 945 g/mol. The molecule has 9 N–H and O–H groups in total. The number of piperazine rings is 1. The molecule has 7 aromatic rings. The number of aromatic amines is 1. The van der Waals surface area contributed by atoms with Crippen molar-refractivity contribution >= 4 is 34.5 Å². The number of nitrogens with zero attached hydrogens (tertiary/aromatic N) is 2. The summed E-state index contributed by atoms with van der Waals surface area (Å²) in [5.74, 6) is 1.54. The summed E-state index contributed by atoms with van der Waals surface area (Å²) in [6, 6.07) is 35.2. The van der Waals surface area contributed by atoms with E-state index in [0.717, 1.165) is 91.1 Å². The molecule has 75 heavy (non-hydrogen) atoms. The van der Waals surface area contributed by atoms with Crippen LogP contribution in [-0.4, -0.2) is 85.0 Å². The molecule has 4 aliphatic rings. The first-order chi connectivity index (χ1) is 36.5. The highest BCUT2D eigenvalue weighted by molar-refractivity contribution is 5.93. The molecule has 3 aliphatic heterocycles. The number of guanidine groups is 1. The van der Waals surface area contributed by atoms with Gasteiger partial charge in [0.05, 0.1) is 38.2 Å². The molecule has 1 aliphatic carbocycles. The quantitative estimate of drug-likeness (QED) is 0.0478. The van der Waals surface area contributed by atoms with Gasteiger partial charge >= 0.3 is 0 Å². The molecule has 11 rings (SSSR count). The van der Waals surface area contributed by atoms with E-state index in [0.29, 0.717) is 41.8 Å². The molecule has 3 atom stereocenters. The van der Waals surface area contributed by atoms with E-state index in [4.69, 9.17) is 35.1 Å². The third-order valence-corrected chi connectivity index (χ3v) is 15.4. The largest absolute Gasteiger partial charge is 0.508 e. The SMILES string of the molecule is CCc1cc2c([nH]1)N1CCNC[C@@H]1C1(CCCC1)c1ccc(c(N=C(N)N)c1)C[C@H](CO)COc1c(OC)c(OCC[C@@H](O)/C=C/c3ccccc3)c3c(=O)cc(-c4ccc(O)cc4)oc3c1CCc1cccc-2c1. The number of H-pyrrole nitrogens is 1. The van der Waals surface area contributed by atoms with Gasteiger partial charge < -0.3 is 60.6 Å². The van der Waals surface area contributed by atoms with Crippen LogP contribution in [0.2, 0.25) is 0 Å². The number of phenols is 1. The number of ether oxygens (including phenoxy) is 3. The number of nitrogens with two attached hydrogens (primary N) is 2. The van der Waals surface area contributed by atoms with Crippen LogP contribution in [0, 0.1) is 5.92 Å². The van der Waals surface area contributed by atoms with Gasteiger partial charge in [-0.3, -0.25) is 4.79 Å². The number of aromatic hydroxyl groups is 1. The highest BCUT2D eigenvalue weighted by atomic mass is 16.5. The van der Waals surface area contributed by atoms with Gasteiger partial charge in [0.1, 0.15) is 28.3 Å². The Morgan fingerprint density at radius 2 is 1.77 bits per heavy atom. The highest BCUT2D eigenvalue weighted by Gasteiger charge is 2.47. The topological polar surface area (TPSA) is 214 Å². The Morgan fingerprint density at radius 1 is 0.960 bits per heavy atom. The van der Waals surface area contributed by atoms with E-state index >= 15 is 0 Å². The van der Waals surface area contributed by atoms with E-state index in [-0.39, 0.29) is 83.1 Å². The van der Waals surface area contributed by atoms with Crippen LogP contribution in [0.5, 0.6) is 23.0 Å². The van der Waals surface area contributed by atoms with Crippen LogP contribution in [0.25, 0.3) is 39.5 Å². The number of fused-ring (bicyclic) bond motifs is 7. The predicted molar refractivity (Wildman–Crippen MR) is 297 cm³/mol. The average Bonchev–Trinajstić information content (AvgIpc) is 4.12. The summed E-state index contributed by atoms with van der Waals surface area (Å²) < 4.78 is 26.6. The second-order valence-corrected chi connectivity index (χ2v) is 20.2. The van der Waals surface area contributed by atoms with E-state index < -0.39 is 12.0 Å². The first-order valence-corrected chi connectivity index (χ1v) is 26.3. The van der Waals surface area contributed by atoms with Crippen LogP contribution in [0.4, 0.5) is 11.5 Å². The van der Waals surface area contributed by atoms with Crippen molar-refractivity contribution in [2.75, 3.05) is 51.5 Å². The lowest BCUT2D eigenvalue weighted by molar-refractivity contribution is 0.157.